The molecule has 2 heterocycles. The van der Waals surface area contributed by atoms with Gasteiger partial charge in [-0.25, -0.2) is 0 Å². The maximum atomic E-state index is 12.7. The molecule has 3 aromatic rings. The predicted molar refractivity (Wildman–Crippen MR) is 103 cm³/mol. The van der Waals surface area contributed by atoms with Crippen LogP contribution in [0.1, 0.15) is 11.1 Å². The zero-order valence-electron chi connectivity index (χ0n) is 15.0. The van der Waals surface area contributed by atoms with Crippen molar-refractivity contribution in [3.63, 3.8) is 0 Å². The Kier molecular flexibility index (Phi) is 4.83. The fourth-order valence-corrected chi connectivity index (χ4v) is 3.49. The molecule has 4 rings (SSSR count). The molecule has 2 aromatic carbocycles. The summed E-state index contributed by atoms with van der Waals surface area (Å²) in [5.74, 6) is -0.616. The van der Waals surface area contributed by atoms with E-state index in [1.807, 2.05) is 6.07 Å². The van der Waals surface area contributed by atoms with Gasteiger partial charge in [-0.05, 0) is 11.6 Å². The summed E-state index contributed by atoms with van der Waals surface area (Å²) in [6.45, 7) is 5.11. The molecular formula is C21H22N2O4. The molecule has 0 radical (unpaired) electrons. The van der Waals surface area contributed by atoms with Crippen molar-refractivity contribution in [2.24, 2.45) is 0 Å². The van der Waals surface area contributed by atoms with E-state index in [0.717, 1.165) is 32.7 Å². The van der Waals surface area contributed by atoms with Crippen LogP contribution in [0, 0.1) is 0 Å². The first-order valence-electron chi connectivity index (χ1n) is 9.05. The Labute approximate surface area is 156 Å². The zero-order valence-corrected chi connectivity index (χ0v) is 15.0. The first kappa shape index (κ1) is 17.6. The predicted octanol–water partition coefficient (Wildman–Crippen LogP) is 2.52. The number of piperazine rings is 1. The van der Waals surface area contributed by atoms with Crippen LogP contribution >= 0.6 is 0 Å². The van der Waals surface area contributed by atoms with Gasteiger partial charge in [0.1, 0.15) is 5.58 Å². The van der Waals surface area contributed by atoms with E-state index in [-0.39, 0.29) is 27.9 Å². The Morgan fingerprint density at radius 2 is 1.52 bits per heavy atom. The first-order chi connectivity index (χ1) is 13.1. The number of benzene rings is 2. The maximum Gasteiger partial charge on any atom is 0.197 e. The van der Waals surface area contributed by atoms with Crippen LogP contribution in [0.25, 0.3) is 11.0 Å². The minimum absolute atomic E-state index is 0.168. The lowest BCUT2D eigenvalue weighted by Gasteiger charge is -2.34. The standard InChI is InChI=1S/C21H22N2O4/c24-18-10-17-20(11-19(18)25)27-14-16(21(17)26)13-23-8-6-22(7-9-23)12-15-4-2-1-3-5-15/h1-5,10-11,14,24-25H,6-9,12-13H2. The molecule has 1 aromatic heterocycles. The number of hydrogen-bond acceptors (Lipinski definition) is 6. The summed E-state index contributed by atoms with van der Waals surface area (Å²) < 4.78 is 5.49. The lowest BCUT2D eigenvalue weighted by Crippen LogP contribution is -2.45. The summed E-state index contributed by atoms with van der Waals surface area (Å²) in [6.07, 6.45) is 1.46. The van der Waals surface area contributed by atoms with Crippen molar-refractivity contribution in [2.75, 3.05) is 26.2 Å². The topological polar surface area (TPSA) is 77.2 Å². The van der Waals surface area contributed by atoms with E-state index in [0.29, 0.717) is 12.1 Å². The monoisotopic (exact) mass is 366 g/mol. The molecule has 27 heavy (non-hydrogen) atoms. The highest BCUT2D eigenvalue weighted by Crippen LogP contribution is 2.28. The average Bonchev–Trinajstić information content (AvgIpc) is 2.68. The quantitative estimate of drug-likeness (QED) is 0.691. The molecular weight excluding hydrogens is 344 g/mol. The fourth-order valence-electron chi connectivity index (χ4n) is 3.49. The van der Waals surface area contributed by atoms with Crippen LogP contribution in [0.2, 0.25) is 0 Å². The summed E-state index contributed by atoms with van der Waals surface area (Å²) in [4.78, 5) is 17.3. The van der Waals surface area contributed by atoms with Gasteiger partial charge >= 0.3 is 0 Å². The Hall–Kier alpha value is -2.83. The second-order valence-corrected chi connectivity index (χ2v) is 6.97. The van der Waals surface area contributed by atoms with Crippen molar-refractivity contribution in [1.82, 2.24) is 9.80 Å². The van der Waals surface area contributed by atoms with Crippen LogP contribution in [-0.2, 0) is 13.1 Å². The van der Waals surface area contributed by atoms with E-state index in [9.17, 15) is 15.0 Å². The largest absolute Gasteiger partial charge is 0.504 e. The summed E-state index contributed by atoms with van der Waals surface area (Å²) in [7, 11) is 0. The highest BCUT2D eigenvalue weighted by atomic mass is 16.3. The molecule has 0 unspecified atom stereocenters. The Bertz CT molecular complexity index is 992. The van der Waals surface area contributed by atoms with Crippen molar-refractivity contribution in [2.45, 2.75) is 13.1 Å². The second-order valence-electron chi connectivity index (χ2n) is 6.97. The number of phenols is 2. The zero-order chi connectivity index (χ0) is 18.8. The molecule has 1 saturated heterocycles. The van der Waals surface area contributed by atoms with Crippen molar-refractivity contribution >= 4 is 11.0 Å². The molecule has 0 spiro atoms. The van der Waals surface area contributed by atoms with E-state index in [1.165, 1.54) is 24.0 Å². The molecule has 0 amide bonds. The fraction of sp³-hybridized carbons (Fsp3) is 0.286. The molecule has 0 aliphatic carbocycles. The van der Waals surface area contributed by atoms with Crippen molar-refractivity contribution in [3.8, 4) is 11.5 Å². The van der Waals surface area contributed by atoms with Gasteiger partial charge in [0.2, 0.25) is 0 Å². The van der Waals surface area contributed by atoms with Crippen LogP contribution in [0.4, 0.5) is 0 Å². The summed E-state index contributed by atoms with van der Waals surface area (Å²) >= 11 is 0. The number of phenolic OH excluding ortho intramolecular Hbond substituents is 2. The highest BCUT2D eigenvalue weighted by molar-refractivity contribution is 5.80. The average molecular weight is 366 g/mol. The van der Waals surface area contributed by atoms with Gasteiger partial charge in [-0.3, -0.25) is 14.6 Å². The number of fused-ring (bicyclic) bond motifs is 1. The van der Waals surface area contributed by atoms with Gasteiger partial charge < -0.3 is 14.6 Å². The molecule has 1 aliphatic rings. The van der Waals surface area contributed by atoms with Crippen LogP contribution in [0.3, 0.4) is 0 Å². The van der Waals surface area contributed by atoms with E-state index >= 15 is 0 Å². The first-order valence-corrected chi connectivity index (χ1v) is 9.05. The van der Waals surface area contributed by atoms with Crippen molar-refractivity contribution < 1.29 is 14.6 Å². The Balaban J connectivity index is 1.42. The van der Waals surface area contributed by atoms with E-state index < -0.39 is 0 Å². The molecule has 1 aliphatic heterocycles. The van der Waals surface area contributed by atoms with Crippen LogP contribution in [-0.4, -0.2) is 46.2 Å². The molecule has 2 N–H and O–H groups in total. The lowest BCUT2D eigenvalue weighted by molar-refractivity contribution is 0.121. The van der Waals surface area contributed by atoms with E-state index in [1.54, 1.807) is 0 Å². The molecule has 0 bridgehead atoms. The number of nitrogens with zero attached hydrogens (tertiary/aromatic N) is 2. The smallest absolute Gasteiger partial charge is 0.197 e. The van der Waals surface area contributed by atoms with E-state index in [4.69, 9.17) is 4.42 Å². The third-order valence-electron chi connectivity index (χ3n) is 5.05. The van der Waals surface area contributed by atoms with Gasteiger partial charge in [0, 0.05) is 50.9 Å². The van der Waals surface area contributed by atoms with Gasteiger partial charge in [-0.2, -0.15) is 0 Å². The van der Waals surface area contributed by atoms with E-state index in [2.05, 4.69) is 34.1 Å². The van der Waals surface area contributed by atoms with Gasteiger partial charge in [0.25, 0.3) is 0 Å². The summed E-state index contributed by atoms with van der Waals surface area (Å²) in [5, 5.41) is 19.5. The number of hydrogen-bond donors (Lipinski definition) is 2. The van der Waals surface area contributed by atoms with Crippen LogP contribution in [0.5, 0.6) is 11.5 Å². The second kappa shape index (κ2) is 7.42. The van der Waals surface area contributed by atoms with Crippen LogP contribution < -0.4 is 5.43 Å². The van der Waals surface area contributed by atoms with Crippen LogP contribution in [0.15, 0.2) is 57.9 Å². The number of aromatic hydroxyl groups is 2. The SMILES string of the molecule is O=c1c(CN2CCN(Cc3ccccc3)CC2)coc2cc(O)c(O)cc12. The maximum absolute atomic E-state index is 12.7. The summed E-state index contributed by atoms with van der Waals surface area (Å²) in [6, 6.07) is 12.9. The minimum atomic E-state index is -0.318. The third-order valence-corrected chi connectivity index (χ3v) is 5.05. The molecule has 6 heteroatoms. The van der Waals surface area contributed by atoms with Gasteiger partial charge in [0.15, 0.2) is 16.9 Å². The number of rotatable bonds is 4. The minimum Gasteiger partial charge on any atom is -0.504 e. The molecule has 140 valence electrons. The molecule has 0 saturated carbocycles. The van der Waals surface area contributed by atoms with Gasteiger partial charge in [0.05, 0.1) is 11.6 Å². The third kappa shape index (κ3) is 3.82. The normalized spacial score (nSPS) is 16.0. The molecule has 6 nitrogen and oxygen atoms in total. The molecule has 1 fully saturated rings. The van der Waals surface area contributed by atoms with Crippen molar-refractivity contribution in [3.05, 3.63) is 70.1 Å². The highest BCUT2D eigenvalue weighted by Gasteiger charge is 2.19. The molecule has 0 atom stereocenters. The Morgan fingerprint density at radius 3 is 2.22 bits per heavy atom. The van der Waals surface area contributed by atoms with Crippen molar-refractivity contribution in [1.29, 1.82) is 0 Å². The Morgan fingerprint density at radius 1 is 0.889 bits per heavy atom. The summed E-state index contributed by atoms with van der Waals surface area (Å²) in [5.41, 5.74) is 1.97. The van der Waals surface area contributed by atoms with Gasteiger partial charge in [-0.15, -0.1) is 0 Å². The lowest BCUT2D eigenvalue weighted by atomic mass is 10.1. The van der Waals surface area contributed by atoms with Gasteiger partial charge in [-0.1, -0.05) is 30.3 Å².